The Morgan fingerprint density at radius 3 is 2.81 bits per heavy atom. The summed E-state index contributed by atoms with van der Waals surface area (Å²) in [5, 5.41) is 15.8. The standard InChI is InChI=1S/C32H41ClN2O7S/c1-20(17-43(34,38)39)42-25-10-12-40-30(15-25)26-7-4-23(26)16-35-18-32(11-2-3-21-13-24(33)6-8-27(21)32)19-41-29-9-5-22(31(36)37)14-28(29)35/h5-6,8-9,13-14,20,23,25-26,30H,2-4,7,10-12,15-19H2,1H3,(H,36,37)(H2,34,38,39)/t20?,23-,25+,26+,30-,32?/m0/s1. The van der Waals surface area contributed by atoms with Gasteiger partial charge in [0.25, 0.3) is 0 Å². The van der Waals surface area contributed by atoms with Gasteiger partial charge in [0.15, 0.2) is 0 Å². The van der Waals surface area contributed by atoms with Gasteiger partial charge in [0, 0.05) is 36.6 Å². The molecule has 0 amide bonds. The Morgan fingerprint density at radius 2 is 2.07 bits per heavy atom. The third-order valence-electron chi connectivity index (χ3n) is 9.85. The van der Waals surface area contributed by atoms with E-state index in [9.17, 15) is 18.3 Å². The van der Waals surface area contributed by atoms with Crippen molar-refractivity contribution in [1.29, 1.82) is 0 Å². The van der Waals surface area contributed by atoms with Crippen molar-refractivity contribution in [2.24, 2.45) is 17.0 Å². The van der Waals surface area contributed by atoms with Gasteiger partial charge in [-0.05, 0) is 98.7 Å². The van der Waals surface area contributed by atoms with Gasteiger partial charge in [-0.25, -0.2) is 18.4 Å². The second-order valence-electron chi connectivity index (χ2n) is 12.9. The highest BCUT2D eigenvalue weighted by atomic mass is 35.5. The first-order valence-corrected chi connectivity index (χ1v) is 17.4. The highest BCUT2D eigenvalue weighted by Gasteiger charge is 2.45. The molecule has 4 aliphatic rings. The van der Waals surface area contributed by atoms with E-state index in [0.717, 1.165) is 68.7 Å². The molecule has 9 nitrogen and oxygen atoms in total. The molecule has 2 aromatic rings. The number of nitrogens with zero attached hydrogens (tertiary/aromatic N) is 1. The van der Waals surface area contributed by atoms with Crippen LogP contribution in [0.4, 0.5) is 5.69 Å². The number of ether oxygens (including phenoxy) is 3. The van der Waals surface area contributed by atoms with Crippen LogP contribution in [0.3, 0.4) is 0 Å². The fourth-order valence-corrected chi connectivity index (χ4v) is 8.68. The average Bonchev–Trinajstić information content (AvgIpc) is 3.07. The summed E-state index contributed by atoms with van der Waals surface area (Å²) in [6, 6.07) is 11.4. The summed E-state index contributed by atoms with van der Waals surface area (Å²) in [7, 11) is -3.61. The molecule has 2 aromatic carbocycles. The van der Waals surface area contributed by atoms with E-state index in [1.54, 1.807) is 25.1 Å². The Balaban J connectivity index is 1.24. The van der Waals surface area contributed by atoms with Gasteiger partial charge in [-0.1, -0.05) is 17.7 Å². The minimum absolute atomic E-state index is 0.0266. The topological polar surface area (TPSA) is 128 Å². The van der Waals surface area contributed by atoms with Crippen LogP contribution in [0.25, 0.3) is 0 Å². The van der Waals surface area contributed by atoms with Crippen LogP contribution in [0.2, 0.25) is 5.02 Å². The molecule has 2 fully saturated rings. The predicted molar refractivity (Wildman–Crippen MR) is 165 cm³/mol. The zero-order valence-electron chi connectivity index (χ0n) is 24.5. The number of aryl methyl sites for hydroxylation is 1. The van der Waals surface area contributed by atoms with Gasteiger partial charge >= 0.3 is 5.97 Å². The molecule has 2 aliphatic carbocycles. The van der Waals surface area contributed by atoms with Gasteiger partial charge in [-0.3, -0.25) is 0 Å². The van der Waals surface area contributed by atoms with Crippen LogP contribution in [0, 0.1) is 11.8 Å². The number of carbonyl (C=O) groups is 1. The predicted octanol–water partition coefficient (Wildman–Crippen LogP) is 4.78. The molecule has 43 heavy (non-hydrogen) atoms. The largest absolute Gasteiger partial charge is 0.490 e. The SMILES string of the molecule is CC(CS(N)(=O)=O)O[C@@H]1CCO[C@H]([C@@H]2CC[C@H]2CN2CC3(CCCc4cc(Cl)ccc43)COc3ccc(C(=O)O)cc32)C1. The van der Waals surface area contributed by atoms with Crippen LogP contribution >= 0.6 is 11.6 Å². The summed E-state index contributed by atoms with van der Waals surface area (Å²) in [4.78, 5) is 14.3. The molecule has 234 valence electrons. The van der Waals surface area contributed by atoms with E-state index >= 15 is 0 Å². The lowest BCUT2D eigenvalue weighted by molar-refractivity contribution is -0.126. The summed E-state index contributed by atoms with van der Waals surface area (Å²) in [6.07, 6.45) is 6.03. The molecule has 2 unspecified atom stereocenters. The molecule has 6 atom stereocenters. The monoisotopic (exact) mass is 632 g/mol. The van der Waals surface area contributed by atoms with Crippen molar-refractivity contribution >= 4 is 33.3 Å². The molecular weight excluding hydrogens is 592 g/mol. The van der Waals surface area contributed by atoms with Crippen molar-refractivity contribution < 1.29 is 32.5 Å². The average molecular weight is 633 g/mol. The van der Waals surface area contributed by atoms with Crippen LogP contribution in [0.1, 0.15) is 66.9 Å². The maximum absolute atomic E-state index is 12.0. The first-order valence-electron chi connectivity index (χ1n) is 15.3. The van der Waals surface area contributed by atoms with Crippen LogP contribution in [0.5, 0.6) is 5.75 Å². The van der Waals surface area contributed by atoms with Gasteiger partial charge < -0.3 is 24.2 Å². The van der Waals surface area contributed by atoms with Crippen LogP contribution < -0.4 is 14.8 Å². The summed E-state index contributed by atoms with van der Waals surface area (Å²) in [5.74, 6) is 0.246. The summed E-state index contributed by atoms with van der Waals surface area (Å²) in [6.45, 7) is 4.34. The Labute approximate surface area is 258 Å². The lowest BCUT2D eigenvalue weighted by Gasteiger charge is -2.48. The lowest BCUT2D eigenvalue weighted by Crippen LogP contribution is -2.51. The van der Waals surface area contributed by atoms with E-state index in [4.69, 9.17) is 31.0 Å². The molecule has 1 saturated heterocycles. The maximum atomic E-state index is 12.0. The number of primary sulfonamides is 1. The molecule has 11 heteroatoms. The molecule has 2 heterocycles. The van der Waals surface area contributed by atoms with E-state index in [1.807, 2.05) is 6.07 Å². The first-order chi connectivity index (χ1) is 20.5. The van der Waals surface area contributed by atoms with Gasteiger partial charge in [0.05, 0.1) is 41.9 Å². The molecule has 3 N–H and O–H groups in total. The summed E-state index contributed by atoms with van der Waals surface area (Å²) in [5.41, 5.74) is 3.37. The fraction of sp³-hybridized carbons (Fsp3) is 0.594. The zero-order valence-corrected chi connectivity index (χ0v) is 26.1. The number of hydrogen-bond acceptors (Lipinski definition) is 7. The van der Waals surface area contributed by atoms with Crippen molar-refractivity contribution in [2.75, 3.05) is 37.0 Å². The number of carboxylic acids is 1. The molecule has 0 aromatic heterocycles. The van der Waals surface area contributed by atoms with Crippen LogP contribution in [-0.2, 0) is 31.3 Å². The smallest absolute Gasteiger partial charge is 0.335 e. The fourth-order valence-electron chi connectivity index (χ4n) is 7.75. The Bertz CT molecular complexity index is 1470. The van der Waals surface area contributed by atoms with Crippen molar-refractivity contribution in [2.45, 2.75) is 75.6 Å². The Kier molecular flexibility index (Phi) is 8.69. The summed E-state index contributed by atoms with van der Waals surface area (Å²) >= 11 is 6.39. The van der Waals surface area contributed by atoms with E-state index < -0.39 is 22.1 Å². The highest BCUT2D eigenvalue weighted by Crippen LogP contribution is 2.47. The van der Waals surface area contributed by atoms with Gasteiger partial charge in [-0.15, -0.1) is 0 Å². The van der Waals surface area contributed by atoms with E-state index in [-0.39, 0.29) is 28.9 Å². The summed E-state index contributed by atoms with van der Waals surface area (Å²) < 4.78 is 41.9. The molecular formula is C32H41ClN2O7S. The van der Waals surface area contributed by atoms with Gasteiger partial charge in [-0.2, -0.15) is 0 Å². The number of sulfonamides is 1. The van der Waals surface area contributed by atoms with Crippen LogP contribution in [0.15, 0.2) is 36.4 Å². The van der Waals surface area contributed by atoms with Gasteiger partial charge in [0.1, 0.15) is 5.75 Å². The molecule has 6 rings (SSSR count). The Morgan fingerprint density at radius 1 is 1.23 bits per heavy atom. The molecule has 1 saturated carbocycles. The van der Waals surface area contributed by atoms with Crippen LogP contribution in [-0.4, -0.2) is 69.9 Å². The Hall–Kier alpha value is -2.37. The molecule has 0 bridgehead atoms. The second-order valence-corrected chi connectivity index (χ2v) is 15.0. The number of hydrogen-bond donors (Lipinski definition) is 2. The third-order valence-corrected chi connectivity index (χ3v) is 11.0. The number of nitrogens with two attached hydrogens (primary N) is 1. The number of aromatic carboxylic acids is 1. The number of halogens is 1. The number of benzene rings is 2. The van der Waals surface area contributed by atoms with E-state index in [0.29, 0.717) is 30.8 Å². The second kappa shape index (κ2) is 12.2. The van der Waals surface area contributed by atoms with Gasteiger partial charge in [0.2, 0.25) is 10.0 Å². The third kappa shape index (κ3) is 6.68. The number of anilines is 1. The minimum atomic E-state index is -3.61. The molecule has 1 spiro atoms. The zero-order chi connectivity index (χ0) is 30.4. The van der Waals surface area contributed by atoms with Crippen molar-refractivity contribution in [1.82, 2.24) is 0 Å². The normalized spacial score (nSPS) is 29.5. The minimum Gasteiger partial charge on any atom is -0.490 e. The highest BCUT2D eigenvalue weighted by molar-refractivity contribution is 7.89. The van der Waals surface area contributed by atoms with Crippen molar-refractivity contribution in [3.63, 3.8) is 0 Å². The van der Waals surface area contributed by atoms with Crippen molar-refractivity contribution in [3.8, 4) is 5.75 Å². The number of rotatable bonds is 8. The molecule has 0 radical (unpaired) electrons. The first kappa shape index (κ1) is 30.6. The number of carboxylic acid groups (broad SMARTS) is 1. The lowest BCUT2D eigenvalue weighted by atomic mass is 9.67. The maximum Gasteiger partial charge on any atom is 0.335 e. The molecule has 2 aliphatic heterocycles. The number of fused-ring (bicyclic) bond motifs is 3. The van der Waals surface area contributed by atoms with E-state index in [1.165, 1.54) is 11.1 Å². The quantitative estimate of drug-likeness (QED) is 0.426. The van der Waals surface area contributed by atoms with E-state index in [2.05, 4.69) is 17.0 Å². The van der Waals surface area contributed by atoms with Crippen molar-refractivity contribution in [3.05, 3.63) is 58.1 Å².